The molecule has 4 nitrogen and oxygen atoms in total. The van der Waals surface area contributed by atoms with E-state index in [1.165, 1.54) is 0 Å². The summed E-state index contributed by atoms with van der Waals surface area (Å²) in [4.78, 5) is 22.2. The van der Waals surface area contributed by atoms with E-state index >= 15 is 0 Å². The average molecular weight is 275 g/mol. The van der Waals surface area contributed by atoms with Crippen LogP contribution in [0, 0.1) is 0 Å². The largest absolute Gasteiger partial charge is 0.471 e. The molecule has 0 aromatic heterocycles. The Labute approximate surface area is 107 Å². The lowest BCUT2D eigenvalue weighted by Crippen LogP contribution is -2.40. The van der Waals surface area contributed by atoms with E-state index in [-0.39, 0.29) is 0 Å². The molecule has 1 amide bonds. The van der Waals surface area contributed by atoms with Crippen molar-refractivity contribution in [3.63, 3.8) is 0 Å². The molecule has 0 radical (unpaired) electrons. The number of benzene rings is 1. The number of alkyl halides is 3. The molecule has 1 rings (SSSR count). The van der Waals surface area contributed by atoms with E-state index in [4.69, 9.17) is 0 Å². The van der Waals surface area contributed by atoms with Gasteiger partial charge in [0.05, 0.1) is 13.0 Å². The summed E-state index contributed by atoms with van der Waals surface area (Å²) in [6.45, 7) is -0.477. The average Bonchev–Trinajstić information content (AvgIpc) is 2.38. The van der Waals surface area contributed by atoms with Gasteiger partial charge in [-0.15, -0.1) is 0 Å². The molecule has 0 saturated carbocycles. The number of nitrogens with one attached hydrogen (secondary N) is 1. The molecule has 0 aliphatic carbocycles. The molecule has 1 N–H and O–H groups in total. The Balaban J connectivity index is 2.78. The summed E-state index contributed by atoms with van der Waals surface area (Å²) in [7, 11) is 1.13. The molecular formula is C12H12F3NO3. The number of amides is 1. The quantitative estimate of drug-likeness (QED) is 0.850. The Kier molecular flexibility index (Phi) is 4.91. The number of carbonyl (C=O) groups is 2. The van der Waals surface area contributed by atoms with Crippen molar-refractivity contribution in [2.24, 2.45) is 0 Å². The van der Waals surface area contributed by atoms with Gasteiger partial charge in [0.2, 0.25) is 0 Å². The van der Waals surface area contributed by atoms with Gasteiger partial charge in [0.25, 0.3) is 0 Å². The maximum Gasteiger partial charge on any atom is 0.471 e. The Morgan fingerprint density at radius 1 is 1.26 bits per heavy atom. The van der Waals surface area contributed by atoms with Crippen LogP contribution in [0.5, 0.6) is 0 Å². The highest BCUT2D eigenvalue weighted by Crippen LogP contribution is 2.18. The molecule has 0 aliphatic rings. The summed E-state index contributed by atoms with van der Waals surface area (Å²) < 4.78 is 40.7. The Morgan fingerprint density at radius 2 is 1.84 bits per heavy atom. The molecule has 0 fully saturated rings. The number of halogens is 3. The van der Waals surface area contributed by atoms with Gasteiger partial charge in [-0.25, -0.2) is 0 Å². The monoisotopic (exact) mass is 275 g/mol. The molecule has 0 unspecified atom stereocenters. The normalized spacial score (nSPS) is 12.6. The predicted octanol–water partition coefficient (Wildman–Crippen LogP) is 1.62. The molecule has 0 spiro atoms. The molecule has 0 bridgehead atoms. The number of methoxy groups -OCH3 is 1. The smallest absolute Gasteiger partial charge is 0.468 e. The first-order valence-corrected chi connectivity index (χ1v) is 5.34. The second-order valence-electron chi connectivity index (χ2n) is 3.69. The summed E-state index contributed by atoms with van der Waals surface area (Å²) in [6, 6.07) is 8.11. The molecule has 19 heavy (non-hydrogen) atoms. The van der Waals surface area contributed by atoms with Crippen LogP contribution in [0.4, 0.5) is 13.2 Å². The van der Waals surface area contributed by atoms with Gasteiger partial charge >= 0.3 is 18.1 Å². The maximum absolute atomic E-state index is 12.1. The van der Waals surface area contributed by atoms with E-state index in [1.54, 1.807) is 35.6 Å². The van der Waals surface area contributed by atoms with Gasteiger partial charge in [0.15, 0.2) is 0 Å². The number of rotatable bonds is 4. The van der Waals surface area contributed by atoms with Crippen LogP contribution >= 0.6 is 0 Å². The van der Waals surface area contributed by atoms with Gasteiger partial charge in [-0.2, -0.15) is 13.2 Å². The molecule has 1 aromatic carbocycles. The van der Waals surface area contributed by atoms with Gasteiger partial charge in [-0.05, 0) is 5.56 Å². The molecule has 1 aromatic rings. The second-order valence-corrected chi connectivity index (χ2v) is 3.69. The van der Waals surface area contributed by atoms with Crippen LogP contribution < -0.4 is 5.32 Å². The first-order chi connectivity index (χ1) is 8.86. The first kappa shape index (κ1) is 15.0. The third kappa shape index (κ3) is 4.27. The number of hydrogen-bond acceptors (Lipinski definition) is 3. The van der Waals surface area contributed by atoms with Gasteiger partial charge in [0.1, 0.15) is 0 Å². The molecule has 0 saturated heterocycles. The molecule has 7 heteroatoms. The zero-order valence-corrected chi connectivity index (χ0v) is 10.0. The van der Waals surface area contributed by atoms with E-state index in [2.05, 4.69) is 4.74 Å². The number of hydrogen-bond donors (Lipinski definition) is 1. The minimum Gasteiger partial charge on any atom is -0.468 e. The van der Waals surface area contributed by atoms with Crippen LogP contribution in [0.25, 0.3) is 0 Å². The Morgan fingerprint density at radius 3 is 2.32 bits per heavy atom. The van der Waals surface area contributed by atoms with E-state index in [0.717, 1.165) is 7.11 Å². The third-order valence-electron chi connectivity index (χ3n) is 2.41. The zero-order valence-electron chi connectivity index (χ0n) is 10.0. The van der Waals surface area contributed by atoms with Crippen LogP contribution in [0.3, 0.4) is 0 Å². The van der Waals surface area contributed by atoms with Crippen molar-refractivity contribution in [3.8, 4) is 0 Å². The molecule has 104 valence electrons. The highest BCUT2D eigenvalue weighted by atomic mass is 19.4. The molecule has 0 aliphatic heterocycles. The minimum atomic E-state index is -4.97. The highest BCUT2D eigenvalue weighted by molar-refractivity contribution is 5.83. The van der Waals surface area contributed by atoms with Crippen molar-refractivity contribution in [2.45, 2.75) is 12.1 Å². The molecule has 1 atom stereocenters. The third-order valence-corrected chi connectivity index (χ3v) is 2.41. The lowest BCUT2D eigenvalue weighted by molar-refractivity contribution is -0.173. The number of ether oxygens (including phenoxy) is 1. The van der Waals surface area contributed by atoms with Gasteiger partial charge < -0.3 is 10.1 Å². The Bertz CT molecular complexity index is 445. The van der Waals surface area contributed by atoms with Crippen LogP contribution in [0.1, 0.15) is 11.5 Å². The van der Waals surface area contributed by atoms with E-state index in [1.807, 2.05) is 0 Å². The van der Waals surface area contributed by atoms with Crippen molar-refractivity contribution < 1.29 is 27.5 Å². The second kappa shape index (κ2) is 6.21. The first-order valence-electron chi connectivity index (χ1n) is 5.34. The fraction of sp³-hybridized carbons (Fsp3) is 0.333. The van der Waals surface area contributed by atoms with E-state index < -0.39 is 30.5 Å². The molecular weight excluding hydrogens is 263 g/mol. The van der Waals surface area contributed by atoms with Crippen molar-refractivity contribution in [2.75, 3.05) is 13.7 Å². The van der Waals surface area contributed by atoms with Gasteiger partial charge in [0, 0.05) is 6.54 Å². The van der Waals surface area contributed by atoms with E-state index in [9.17, 15) is 22.8 Å². The summed E-state index contributed by atoms with van der Waals surface area (Å²) >= 11 is 0. The number of carbonyl (C=O) groups excluding carboxylic acids is 2. The van der Waals surface area contributed by atoms with Crippen LogP contribution in [-0.4, -0.2) is 31.7 Å². The summed E-state index contributed by atoms with van der Waals surface area (Å²) in [5.74, 6) is -3.77. The summed E-state index contributed by atoms with van der Waals surface area (Å²) in [5, 5.41) is 1.67. The predicted molar refractivity (Wildman–Crippen MR) is 60.3 cm³/mol. The minimum absolute atomic E-state index is 0.469. The lowest BCUT2D eigenvalue weighted by Gasteiger charge is -2.16. The van der Waals surface area contributed by atoms with Crippen LogP contribution in [-0.2, 0) is 14.3 Å². The van der Waals surface area contributed by atoms with Crippen molar-refractivity contribution in [1.82, 2.24) is 5.32 Å². The summed E-state index contributed by atoms with van der Waals surface area (Å²) in [6.07, 6.45) is -4.97. The fourth-order valence-corrected chi connectivity index (χ4v) is 1.46. The molecule has 0 heterocycles. The standard InChI is InChI=1S/C12H12F3NO3/c1-19-10(17)9(8-5-3-2-4-6-8)7-16-11(18)12(13,14)15/h2-6,9H,7H2,1H3,(H,16,18)/t9-/m0/s1. The van der Waals surface area contributed by atoms with Crippen molar-refractivity contribution >= 4 is 11.9 Å². The maximum atomic E-state index is 12.1. The van der Waals surface area contributed by atoms with Gasteiger partial charge in [-0.1, -0.05) is 30.3 Å². The zero-order chi connectivity index (χ0) is 14.5. The van der Waals surface area contributed by atoms with Crippen LogP contribution in [0.15, 0.2) is 30.3 Å². The fourth-order valence-electron chi connectivity index (χ4n) is 1.46. The lowest BCUT2D eigenvalue weighted by atomic mass is 9.99. The Hall–Kier alpha value is -2.05. The van der Waals surface area contributed by atoms with Crippen molar-refractivity contribution in [1.29, 1.82) is 0 Å². The number of esters is 1. The topological polar surface area (TPSA) is 55.4 Å². The SMILES string of the molecule is COC(=O)[C@@H](CNC(=O)C(F)(F)F)c1ccccc1. The van der Waals surface area contributed by atoms with E-state index in [0.29, 0.717) is 5.56 Å². The van der Waals surface area contributed by atoms with Crippen LogP contribution in [0.2, 0.25) is 0 Å². The van der Waals surface area contributed by atoms with Crippen molar-refractivity contribution in [3.05, 3.63) is 35.9 Å². The summed E-state index contributed by atoms with van der Waals surface area (Å²) in [5.41, 5.74) is 0.469. The van der Waals surface area contributed by atoms with Gasteiger partial charge in [-0.3, -0.25) is 9.59 Å². The highest BCUT2D eigenvalue weighted by Gasteiger charge is 2.39.